The first-order valence-electron chi connectivity index (χ1n) is 9.70. The van der Waals surface area contributed by atoms with Crippen molar-refractivity contribution >= 4 is 0 Å². The second-order valence-electron chi connectivity index (χ2n) is 6.08. The molecule has 4 nitrogen and oxygen atoms in total. The number of hydrogen-bond donors (Lipinski definition) is 0. The molecule has 140 valence electrons. The van der Waals surface area contributed by atoms with Crippen molar-refractivity contribution < 1.29 is 18.9 Å². The fourth-order valence-corrected chi connectivity index (χ4v) is 2.06. The summed E-state index contributed by atoms with van der Waals surface area (Å²) in [6.45, 7) is 13.2. The Morgan fingerprint density at radius 2 is 0.957 bits per heavy atom. The van der Waals surface area contributed by atoms with Crippen LogP contribution in [0.15, 0.2) is 0 Å². The van der Waals surface area contributed by atoms with E-state index >= 15 is 0 Å². The summed E-state index contributed by atoms with van der Waals surface area (Å²) in [4.78, 5) is 0. The second kappa shape index (κ2) is 15.4. The van der Waals surface area contributed by atoms with Crippen molar-refractivity contribution in [3.63, 3.8) is 0 Å². The molecule has 23 heavy (non-hydrogen) atoms. The molecule has 0 aliphatic rings. The molecule has 0 rings (SSSR count). The first-order chi connectivity index (χ1) is 11.2. The lowest BCUT2D eigenvalue weighted by Gasteiger charge is -2.37. The van der Waals surface area contributed by atoms with Crippen molar-refractivity contribution in [3.8, 4) is 0 Å². The van der Waals surface area contributed by atoms with Gasteiger partial charge in [-0.2, -0.15) is 0 Å². The van der Waals surface area contributed by atoms with Gasteiger partial charge in [0.15, 0.2) is 0 Å². The Morgan fingerprint density at radius 1 is 0.609 bits per heavy atom. The molecule has 1 unspecified atom stereocenters. The molecule has 0 aromatic carbocycles. The van der Waals surface area contributed by atoms with Gasteiger partial charge < -0.3 is 18.9 Å². The zero-order chi connectivity index (χ0) is 17.4. The third-order valence-corrected chi connectivity index (χ3v) is 3.77. The average molecular weight is 333 g/mol. The van der Waals surface area contributed by atoms with E-state index in [1.54, 1.807) is 0 Å². The SMILES string of the molecule is CCCCOC(C)C(OCCCC)(OCCCC)OCCCC. The average Bonchev–Trinajstić information content (AvgIpc) is 2.55. The van der Waals surface area contributed by atoms with E-state index in [9.17, 15) is 0 Å². The maximum Gasteiger partial charge on any atom is 0.310 e. The highest BCUT2D eigenvalue weighted by Crippen LogP contribution is 2.25. The maximum atomic E-state index is 6.09. The van der Waals surface area contributed by atoms with Crippen LogP contribution in [-0.4, -0.2) is 38.5 Å². The van der Waals surface area contributed by atoms with E-state index in [0.717, 1.165) is 51.4 Å². The van der Waals surface area contributed by atoms with E-state index in [-0.39, 0.29) is 6.10 Å². The molecule has 0 spiro atoms. The largest absolute Gasteiger partial charge is 0.370 e. The van der Waals surface area contributed by atoms with E-state index in [0.29, 0.717) is 26.4 Å². The summed E-state index contributed by atoms with van der Waals surface area (Å²) < 4.78 is 24.2. The molecule has 0 heterocycles. The lowest BCUT2D eigenvalue weighted by molar-refractivity contribution is -0.415. The van der Waals surface area contributed by atoms with E-state index in [4.69, 9.17) is 18.9 Å². The fraction of sp³-hybridized carbons (Fsp3) is 1.00. The summed E-state index contributed by atoms with van der Waals surface area (Å²) in [5, 5.41) is 0. The molecule has 0 N–H and O–H groups in total. The third-order valence-electron chi connectivity index (χ3n) is 3.77. The van der Waals surface area contributed by atoms with Crippen LogP contribution in [0.3, 0.4) is 0 Å². The van der Waals surface area contributed by atoms with Gasteiger partial charge in [-0.1, -0.05) is 53.4 Å². The van der Waals surface area contributed by atoms with Crippen molar-refractivity contribution in [1.82, 2.24) is 0 Å². The molecule has 0 bridgehead atoms. The Kier molecular flexibility index (Phi) is 15.3. The number of rotatable bonds is 17. The van der Waals surface area contributed by atoms with Gasteiger partial charge in [0.1, 0.15) is 6.10 Å². The highest BCUT2D eigenvalue weighted by molar-refractivity contribution is 4.69. The van der Waals surface area contributed by atoms with E-state index in [1.165, 1.54) is 0 Å². The Hall–Kier alpha value is -0.160. The monoisotopic (exact) mass is 332 g/mol. The smallest absolute Gasteiger partial charge is 0.310 e. The van der Waals surface area contributed by atoms with E-state index < -0.39 is 5.97 Å². The van der Waals surface area contributed by atoms with Gasteiger partial charge in [0.25, 0.3) is 0 Å². The van der Waals surface area contributed by atoms with Crippen LogP contribution in [-0.2, 0) is 18.9 Å². The summed E-state index contributed by atoms with van der Waals surface area (Å²) in [5.41, 5.74) is 0. The normalized spacial score (nSPS) is 13.4. The molecule has 0 aromatic rings. The van der Waals surface area contributed by atoms with Crippen molar-refractivity contribution in [2.75, 3.05) is 26.4 Å². The lowest BCUT2D eigenvalue weighted by Crippen LogP contribution is -2.50. The highest BCUT2D eigenvalue weighted by atomic mass is 16.9. The van der Waals surface area contributed by atoms with E-state index in [1.807, 2.05) is 6.92 Å². The molecule has 0 saturated carbocycles. The van der Waals surface area contributed by atoms with Crippen LogP contribution < -0.4 is 0 Å². The van der Waals surface area contributed by atoms with E-state index in [2.05, 4.69) is 27.7 Å². The minimum atomic E-state index is -1.06. The van der Waals surface area contributed by atoms with Crippen LogP contribution in [0.5, 0.6) is 0 Å². The van der Waals surface area contributed by atoms with Crippen LogP contribution in [0.2, 0.25) is 0 Å². The van der Waals surface area contributed by atoms with Gasteiger partial charge >= 0.3 is 5.97 Å². The summed E-state index contributed by atoms with van der Waals surface area (Å²) >= 11 is 0. The second-order valence-corrected chi connectivity index (χ2v) is 6.08. The van der Waals surface area contributed by atoms with Crippen LogP contribution in [0.1, 0.15) is 86.0 Å². The summed E-state index contributed by atoms with van der Waals surface area (Å²) in [7, 11) is 0. The zero-order valence-electron chi connectivity index (χ0n) is 16.2. The maximum absolute atomic E-state index is 6.09. The van der Waals surface area contributed by atoms with Crippen LogP contribution in [0, 0.1) is 0 Å². The summed E-state index contributed by atoms with van der Waals surface area (Å²) in [5.74, 6) is -1.06. The minimum absolute atomic E-state index is 0.236. The summed E-state index contributed by atoms with van der Waals surface area (Å²) in [6.07, 6.45) is 8.18. The molecule has 1 atom stereocenters. The predicted octanol–water partition coefficient (Wildman–Crippen LogP) is 5.30. The Balaban J connectivity index is 4.83. The van der Waals surface area contributed by atoms with Gasteiger partial charge in [0.05, 0.1) is 19.8 Å². The van der Waals surface area contributed by atoms with Gasteiger partial charge in [-0.15, -0.1) is 0 Å². The summed E-state index contributed by atoms with van der Waals surface area (Å²) in [6, 6.07) is 0. The standard InChI is InChI=1S/C19H40O4/c1-6-10-14-20-18(5)19(21-15-11-7-2,22-16-12-8-3)23-17-13-9-4/h18H,6-17H2,1-5H3. The predicted molar refractivity (Wildman–Crippen MR) is 95.6 cm³/mol. The zero-order valence-corrected chi connectivity index (χ0v) is 16.2. The van der Waals surface area contributed by atoms with Gasteiger partial charge in [-0.25, -0.2) is 0 Å². The quantitative estimate of drug-likeness (QED) is 0.268. The Labute approximate surface area is 144 Å². The number of hydrogen-bond acceptors (Lipinski definition) is 4. The lowest BCUT2D eigenvalue weighted by atomic mass is 10.3. The first kappa shape index (κ1) is 22.8. The van der Waals surface area contributed by atoms with Gasteiger partial charge in [-0.3, -0.25) is 0 Å². The molecular formula is C19H40O4. The minimum Gasteiger partial charge on any atom is -0.370 e. The molecule has 0 fully saturated rings. The van der Waals surface area contributed by atoms with Crippen molar-refractivity contribution in [3.05, 3.63) is 0 Å². The number of unbranched alkanes of at least 4 members (excludes halogenated alkanes) is 4. The molecule has 0 aliphatic heterocycles. The van der Waals surface area contributed by atoms with Crippen LogP contribution in [0.4, 0.5) is 0 Å². The van der Waals surface area contributed by atoms with Gasteiger partial charge in [-0.05, 0) is 32.6 Å². The molecular weight excluding hydrogens is 292 g/mol. The molecule has 0 aliphatic carbocycles. The fourth-order valence-electron chi connectivity index (χ4n) is 2.06. The van der Waals surface area contributed by atoms with Crippen LogP contribution >= 0.6 is 0 Å². The highest BCUT2D eigenvalue weighted by Gasteiger charge is 2.41. The Morgan fingerprint density at radius 3 is 1.30 bits per heavy atom. The first-order valence-corrected chi connectivity index (χ1v) is 9.70. The van der Waals surface area contributed by atoms with Gasteiger partial charge in [0, 0.05) is 6.61 Å². The van der Waals surface area contributed by atoms with Crippen LogP contribution in [0.25, 0.3) is 0 Å². The molecule has 0 aromatic heterocycles. The Bertz CT molecular complexity index is 219. The van der Waals surface area contributed by atoms with Crippen molar-refractivity contribution in [1.29, 1.82) is 0 Å². The molecule has 0 saturated heterocycles. The van der Waals surface area contributed by atoms with Crippen molar-refractivity contribution in [2.24, 2.45) is 0 Å². The third kappa shape index (κ3) is 10.3. The van der Waals surface area contributed by atoms with Gasteiger partial charge in [0.2, 0.25) is 0 Å². The van der Waals surface area contributed by atoms with Crippen molar-refractivity contribution in [2.45, 2.75) is 98.1 Å². The molecule has 0 radical (unpaired) electrons. The molecule has 4 heteroatoms. The number of ether oxygens (including phenoxy) is 4. The topological polar surface area (TPSA) is 36.9 Å². The molecule has 0 amide bonds.